The van der Waals surface area contributed by atoms with Gasteiger partial charge in [-0.05, 0) is 24.6 Å². The maximum atomic E-state index is 12.7. The van der Waals surface area contributed by atoms with Gasteiger partial charge in [0, 0.05) is 18.1 Å². The fraction of sp³-hybridized carbons (Fsp3) is 0.294. The zero-order chi connectivity index (χ0) is 20.1. The third-order valence-corrected chi connectivity index (χ3v) is 5.11. The molecule has 0 saturated carbocycles. The Kier molecular flexibility index (Phi) is 6.81. The van der Waals surface area contributed by atoms with Crippen LogP contribution in [0.4, 0.5) is 0 Å². The van der Waals surface area contributed by atoms with Crippen LogP contribution < -0.4 is 9.47 Å². The minimum Gasteiger partial charge on any atom is -0.497 e. The van der Waals surface area contributed by atoms with Crippen molar-refractivity contribution in [2.45, 2.75) is 18.9 Å². The second-order valence-electron chi connectivity index (χ2n) is 5.45. The Labute approximate surface area is 164 Å². The molecule has 0 aromatic heterocycles. The molecular weight excluding hydrogens is 394 g/mol. The molecule has 0 aliphatic carbocycles. The Morgan fingerprint density at radius 1 is 1.30 bits per heavy atom. The van der Waals surface area contributed by atoms with Crippen LogP contribution in [0.25, 0.3) is 6.08 Å². The number of carbonyl (C=O) groups is 3. The Morgan fingerprint density at radius 2 is 2.00 bits per heavy atom. The van der Waals surface area contributed by atoms with E-state index in [1.54, 1.807) is 24.3 Å². The Balaban J connectivity index is 2.33. The zero-order valence-corrected chi connectivity index (χ0v) is 16.1. The number of methoxy groups -OCH3 is 2. The summed E-state index contributed by atoms with van der Waals surface area (Å²) in [5.74, 6) is -1.99. The monoisotopic (exact) mass is 411 g/mol. The van der Waals surface area contributed by atoms with Crippen LogP contribution in [0.5, 0.6) is 11.5 Å². The number of amides is 1. The molecule has 0 radical (unpaired) electrons. The van der Waals surface area contributed by atoms with Crippen LogP contribution in [0.3, 0.4) is 0 Å². The van der Waals surface area contributed by atoms with E-state index in [2.05, 4.69) is 0 Å². The first-order valence-corrected chi connectivity index (χ1v) is 8.94. The summed E-state index contributed by atoms with van der Waals surface area (Å²) in [6.45, 7) is 0. The molecule has 1 aromatic rings. The Morgan fingerprint density at radius 3 is 2.56 bits per heavy atom. The lowest BCUT2D eigenvalue weighted by molar-refractivity contribution is -0.146. The van der Waals surface area contributed by atoms with E-state index in [0.29, 0.717) is 17.1 Å². The number of thiocarbonyl (C=S) groups is 1. The number of rotatable bonds is 8. The van der Waals surface area contributed by atoms with Gasteiger partial charge in [-0.15, -0.1) is 0 Å². The molecule has 1 aromatic carbocycles. The number of ether oxygens (including phenoxy) is 2. The van der Waals surface area contributed by atoms with Gasteiger partial charge in [-0.1, -0.05) is 24.0 Å². The van der Waals surface area contributed by atoms with Gasteiger partial charge in [-0.2, -0.15) is 0 Å². The molecule has 1 aliphatic rings. The summed E-state index contributed by atoms with van der Waals surface area (Å²) in [5, 5.41) is 18.2. The van der Waals surface area contributed by atoms with E-state index in [-0.39, 0.29) is 22.1 Å². The molecule has 1 atom stereocenters. The molecule has 0 spiro atoms. The number of carbonyl (C=O) groups excluding carboxylic acids is 1. The number of carboxylic acids is 2. The minimum absolute atomic E-state index is 0.0662. The van der Waals surface area contributed by atoms with Crippen molar-refractivity contribution < 1.29 is 34.1 Å². The van der Waals surface area contributed by atoms with Crippen LogP contribution in [-0.2, 0) is 14.4 Å². The van der Waals surface area contributed by atoms with Gasteiger partial charge in [-0.25, -0.2) is 4.79 Å². The number of aliphatic carboxylic acids is 2. The number of hydrogen-bond acceptors (Lipinski definition) is 7. The Bertz CT molecular complexity index is 821. The van der Waals surface area contributed by atoms with Crippen LogP contribution >= 0.6 is 24.0 Å². The average Bonchev–Trinajstić information content (AvgIpc) is 2.89. The van der Waals surface area contributed by atoms with E-state index in [1.165, 1.54) is 14.2 Å². The molecule has 1 saturated heterocycles. The van der Waals surface area contributed by atoms with Crippen molar-refractivity contribution in [2.24, 2.45) is 0 Å². The van der Waals surface area contributed by atoms with Crippen molar-refractivity contribution in [2.75, 3.05) is 14.2 Å². The van der Waals surface area contributed by atoms with E-state index in [1.807, 2.05) is 0 Å². The van der Waals surface area contributed by atoms with Crippen molar-refractivity contribution in [1.82, 2.24) is 4.90 Å². The average molecular weight is 411 g/mol. The van der Waals surface area contributed by atoms with Gasteiger partial charge >= 0.3 is 11.9 Å². The van der Waals surface area contributed by atoms with Gasteiger partial charge in [0.15, 0.2) is 0 Å². The fourth-order valence-corrected chi connectivity index (χ4v) is 3.80. The largest absolute Gasteiger partial charge is 0.497 e. The van der Waals surface area contributed by atoms with Crippen molar-refractivity contribution in [3.8, 4) is 11.5 Å². The van der Waals surface area contributed by atoms with Crippen LogP contribution in [0.2, 0.25) is 0 Å². The molecule has 1 aliphatic heterocycles. The highest BCUT2D eigenvalue weighted by Gasteiger charge is 2.40. The summed E-state index contributed by atoms with van der Waals surface area (Å²) >= 11 is 6.11. The summed E-state index contributed by atoms with van der Waals surface area (Å²) in [4.78, 5) is 36.2. The first-order chi connectivity index (χ1) is 12.8. The number of nitrogens with zero attached hydrogens (tertiary/aromatic N) is 1. The summed E-state index contributed by atoms with van der Waals surface area (Å²) in [7, 11) is 2.99. The third kappa shape index (κ3) is 4.77. The first-order valence-electron chi connectivity index (χ1n) is 7.72. The van der Waals surface area contributed by atoms with Crippen LogP contribution in [0.15, 0.2) is 23.1 Å². The van der Waals surface area contributed by atoms with Gasteiger partial charge in [0.05, 0.1) is 19.1 Å². The summed E-state index contributed by atoms with van der Waals surface area (Å²) in [6.07, 6.45) is 0.920. The second kappa shape index (κ2) is 8.87. The number of thioether (sulfide) groups is 1. The first kappa shape index (κ1) is 20.7. The standard InChI is InChI=1S/C17H17NO7S2/c1-24-10-4-3-9(12(8-10)25-2)7-13-15(21)18(17(26)27-13)11(16(22)23)5-6-14(19)20/h3-4,7-8,11H,5-6H2,1-2H3,(H,19,20)(H,22,23)/b13-7+. The summed E-state index contributed by atoms with van der Waals surface area (Å²) < 4.78 is 10.5. The fourth-order valence-electron chi connectivity index (χ4n) is 2.45. The molecule has 2 rings (SSSR count). The van der Waals surface area contributed by atoms with Crippen LogP contribution in [0, 0.1) is 0 Å². The molecule has 1 unspecified atom stereocenters. The lowest BCUT2D eigenvalue weighted by Crippen LogP contribution is -2.44. The highest BCUT2D eigenvalue weighted by molar-refractivity contribution is 8.26. The molecular formula is C17H17NO7S2. The van der Waals surface area contributed by atoms with E-state index < -0.39 is 23.9 Å². The van der Waals surface area contributed by atoms with Gasteiger partial charge in [0.2, 0.25) is 0 Å². The van der Waals surface area contributed by atoms with Gasteiger partial charge < -0.3 is 19.7 Å². The highest BCUT2D eigenvalue weighted by Crippen LogP contribution is 2.36. The van der Waals surface area contributed by atoms with Crippen molar-refractivity contribution in [1.29, 1.82) is 0 Å². The molecule has 0 bridgehead atoms. The summed E-state index contributed by atoms with van der Waals surface area (Å²) in [6, 6.07) is 3.71. The van der Waals surface area contributed by atoms with Crippen LogP contribution in [0.1, 0.15) is 18.4 Å². The predicted octanol–water partition coefficient (Wildman–Crippen LogP) is 2.22. The number of carboxylic acid groups (broad SMARTS) is 2. The summed E-state index contributed by atoms with van der Waals surface area (Å²) in [5.41, 5.74) is 0.594. The SMILES string of the molecule is COc1ccc(/C=C2/SC(=S)N(C(CCC(=O)O)C(=O)O)C2=O)c(OC)c1. The maximum Gasteiger partial charge on any atom is 0.326 e. The van der Waals surface area contributed by atoms with E-state index in [9.17, 15) is 19.5 Å². The predicted molar refractivity (Wildman–Crippen MR) is 103 cm³/mol. The molecule has 2 N–H and O–H groups in total. The van der Waals surface area contributed by atoms with Gasteiger partial charge in [0.25, 0.3) is 5.91 Å². The number of hydrogen-bond donors (Lipinski definition) is 2. The second-order valence-corrected chi connectivity index (χ2v) is 7.12. The van der Waals surface area contributed by atoms with Crippen molar-refractivity contribution in [3.05, 3.63) is 28.7 Å². The lowest BCUT2D eigenvalue weighted by atomic mass is 10.1. The zero-order valence-electron chi connectivity index (χ0n) is 14.5. The number of benzene rings is 1. The maximum absolute atomic E-state index is 12.7. The minimum atomic E-state index is -1.34. The van der Waals surface area contributed by atoms with Gasteiger partial charge in [0.1, 0.15) is 21.9 Å². The molecule has 8 nitrogen and oxygen atoms in total. The molecule has 144 valence electrons. The molecule has 27 heavy (non-hydrogen) atoms. The topological polar surface area (TPSA) is 113 Å². The van der Waals surface area contributed by atoms with E-state index in [0.717, 1.165) is 16.7 Å². The highest BCUT2D eigenvalue weighted by atomic mass is 32.2. The van der Waals surface area contributed by atoms with E-state index in [4.69, 9.17) is 26.8 Å². The quantitative estimate of drug-likeness (QED) is 0.491. The molecule has 1 fully saturated rings. The Hall–Kier alpha value is -2.59. The molecule has 1 amide bonds. The lowest BCUT2D eigenvalue weighted by Gasteiger charge is -2.22. The normalized spacial score (nSPS) is 16.5. The molecule has 1 heterocycles. The van der Waals surface area contributed by atoms with Gasteiger partial charge in [-0.3, -0.25) is 14.5 Å². The smallest absolute Gasteiger partial charge is 0.326 e. The third-order valence-electron chi connectivity index (χ3n) is 3.78. The van der Waals surface area contributed by atoms with Crippen molar-refractivity contribution in [3.63, 3.8) is 0 Å². The van der Waals surface area contributed by atoms with E-state index >= 15 is 0 Å². The molecule has 10 heteroatoms. The van der Waals surface area contributed by atoms with Crippen LogP contribution in [-0.4, -0.2) is 57.5 Å². The van der Waals surface area contributed by atoms with Crippen molar-refractivity contribution >= 4 is 52.2 Å².